The van der Waals surface area contributed by atoms with Gasteiger partial charge in [-0.1, -0.05) is 19.8 Å². The summed E-state index contributed by atoms with van der Waals surface area (Å²) in [7, 11) is 1.67. The molecule has 1 rings (SSSR count). The summed E-state index contributed by atoms with van der Waals surface area (Å²) in [4.78, 5) is 0. The number of nitrogen functional groups attached to an aromatic ring is 1. The maximum Gasteiger partial charge on any atom is 0.120 e. The number of hydrogen-bond donors (Lipinski definition) is 1. The average Bonchev–Trinajstić information content (AvgIpc) is 2.24. The summed E-state index contributed by atoms with van der Waals surface area (Å²) in [6, 6.07) is 3.93. The quantitative estimate of drug-likeness (QED) is 0.654. The molecular weight excluding hydrogens is 254 g/mol. The van der Waals surface area contributed by atoms with Crippen molar-refractivity contribution in [3.63, 3.8) is 0 Å². The van der Waals surface area contributed by atoms with E-state index in [1.807, 2.05) is 12.1 Å². The molecule has 0 bridgehead atoms. The van der Waals surface area contributed by atoms with E-state index in [-0.39, 0.29) is 0 Å². The first-order chi connectivity index (χ1) is 7.19. The predicted octanol–water partition coefficient (Wildman–Crippen LogP) is 3.77. The van der Waals surface area contributed by atoms with Crippen LogP contribution in [0.25, 0.3) is 0 Å². The van der Waals surface area contributed by atoms with Crippen LogP contribution in [-0.2, 0) is 6.42 Å². The Morgan fingerprint density at radius 3 is 2.67 bits per heavy atom. The van der Waals surface area contributed by atoms with Crippen molar-refractivity contribution < 1.29 is 4.74 Å². The standard InChI is InChI=1S/C12H18BrNO/c1-3-4-5-6-9-7-10(15-2)8-11(13)12(9)14/h7-8H,3-6,14H2,1-2H3. The van der Waals surface area contributed by atoms with Crippen LogP contribution in [0.1, 0.15) is 31.7 Å². The molecule has 0 aromatic heterocycles. The van der Waals surface area contributed by atoms with Crippen molar-refractivity contribution >= 4 is 21.6 Å². The highest BCUT2D eigenvalue weighted by molar-refractivity contribution is 9.10. The van der Waals surface area contributed by atoms with Crippen LogP contribution in [0.4, 0.5) is 5.69 Å². The third kappa shape index (κ3) is 3.42. The Morgan fingerprint density at radius 1 is 1.33 bits per heavy atom. The van der Waals surface area contributed by atoms with Crippen LogP contribution >= 0.6 is 15.9 Å². The Labute approximate surface area is 99.9 Å². The Balaban J connectivity index is 2.80. The zero-order valence-corrected chi connectivity index (χ0v) is 10.9. The van der Waals surface area contributed by atoms with Crippen LogP contribution in [0.5, 0.6) is 5.75 Å². The number of halogens is 1. The number of aryl methyl sites for hydroxylation is 1. The minimum absolute atomic E-state index is 0.840. The van der Waals surface area contributed by atoms with Crippen molar-refractivity contribution in [2.24, 2.45) is 0 Å². The van der Waals surface area contributed by atoms with E-state index < -0.39 is 0 Å². The van der Waals surface area contributed by atoms with Gasteiger partial charge in [-0.25, -0.2) is 0 Å². The van der Waals surface area contributed by atoms with Crippen LogP contribution < -0.4 is 10.5 Å². The van der Waals surface area contributed by atoms with E-state index in [2.05, 4.69) is 22.9 Å². The second-order valence-electron chi connectivity index (χ2n) is 3.64. The second kappa shape index (κ2) is 6.01. The molecule has 2 N–H and O–H groups in total. The molecule has 0 unspecified atom stereocenters. The molecule has 1 aromatic rings. The van der Waals surface area contributed by atoms with Crippen LogP contribution in [-0.4, -0.2) is 7.11 Å². The molecule has 0 saturated carbocycles. The van der Waals surface area contributed by atoms with Gasteiger partial charge in [0.1, 0.15) is 5.75 Å². The number of benzene rings is 1. The van der Waals surface area contributed by atoms with Crippen LogP contribution in [0.2, 0.25) is 0 Å². The van der Waals surface area contributed by atoms with Gasteiger partial charge in [-0.05, 0) is 46.5 Å². The predicted molar refractivity (Wildman–Crippen MR) is 68.3 cm³/mol. The molecular formula is C12H18BrNO. The Bertz CT molecular complexity index is 326. The lowest BCUT2D eigenvalue weighted by atomic mass is 10.1. The van der Waals surface area contributed by atoms with Gasteiger partial charge in [0.05, 0.1) is 7.11 Å². The molecule has 0 amide bonds. The Kier molecular flexibility index (Phi) is 4.95. The number of unbranched alkanes of at least 4 members (excludes halogenated alkanes) is 2. The zero-order chi connectivity index (χ0) is 11.3. The molecule has 0 spiro atoms. The fraction of sp³-hybridized carbons (Fsp3) is 0.500. The lowest BCUT2D eigenvalue weighted by Crippen LogP contribution is -1.97. The van der Waals surface area contributed by atoms with E-state index in [1.165, 1.54) is 24.8 Å². The maximum atomic E-state index is 5.99. The van der Waals surface area contributed by atoms with Crippen molar-refractivity contribution in [3.8, 4) is 5.75 Å². The zero-order valence-electron chi connectivity index (χ0n) is 9.35. The minimum atomic E-state index is 0.840. The first-order valence-corrected chi connectivity index (χ1v) is 6.10. The highest BCUT2D eigenvalue weighted by Gasteiger charge is 2.06. The van der Waals surface area contributed by atoms with Gasteiger partial charge in [0.15, 0.2) is 0 Å². The molecule has 0 atom stereocenters. The molecule has 2 nitrogen and oxygen atoms in total. The lowest BCUT2D eigenvalue weighted by molar-refractivity contribution is 0.414. The topological polar surface area (TPSA) is 35.2 Å². The second-order valence-corrected chi connectivity index (χ2v) is 4.49. The van der Waals surface area contributed by atoms with Crippen LogP contribution in [0, 0.1) is 0 Å². The third-order valence-electron chi connectivity index (χ3n) is 2.47. The molecule has 0 aliphatic carbocycles. The summed E-state index contributed by atoms with van der Waals surface area (Å²) in [5, 5.41) is 0. The fourth-order valence-corrected chi connectivity index (χ4v) is 2.02. The average molecular weight is 272 g/mol. The summed E-state index contributed by atoms with van der Waals surface area (Å²) in [6.07, 6.45) is 4.68. The van der Waals surface area contributed by atoms with E-state index in [0.29, 0.717) is 0 Å². The van der Waals surface area contributed by atoms with Crippen molar-refractivity contribution in [2.75, 3.05) is 12.8 Å². The summed E-state index contributed by atoms with van der Waals surface area (Å²) < 4.78 is 6.14. The molecule has 0 aliphatic rings. The van der Waals surface area contributed by atoms with Gasteiger partial charge in [-0.2, -0.15) is 0 Å². The number of anilines is 1. The number of rotatable bonds is 5. The van der Waals surface area contributed by atoms with Gasteiger partial charge in [0, 0.05) is 10.2 Å². The van der Waals surface area contributed by atoms with Gasteiger partial charge in [0.2, 0.25) is 0 Å². The number of methoxy groups -OCH3 is 1. The molecule has 3 heteroatoms. The smallest absolute Gasteiger partial charge is 0.120 e. The largest absolute Gasteiger partial charge is 0.497 e. The van der Waals surface area contributed by atoms with E-state index in [9.17, 15) is 0 Å². The van der Waals surface area contributed by atoms with Gasteiger partial charge in [-0.3, -0.25) is 0 Å². The molecule has 0 heterocycles. The Hall–Kier alpha value is -0.700. The van der Waals surface area contributed by atoms with Gasteiger partial charge >= 0.3 is 0 Å². The first-order valence-electron chi connectivity index (χ1n) is 5.31. The molecule has 0 aliphatic heterocycles. The SMILES string of the molecule is CCCCCc1cc(OC)cc(Br)c1N. The summed E-state index contributed by atoms with van der Waals surface area (Å²) >= 11 is 3.44. The highest BCUT2D eigenvalue weighted by Crippen LogP contribution is 2.30. The van der Waals surface area contributed by atoms with Crippen molar-refractivity contribution in [1.82, 2.24) is 0 Å². The van der Waals surface area contributed by atoms with Gasteiger partial charge in [0.25, 0.3) is 0 Å². The highest BCUT2D eigenvalue weighted by atomic mass is 79.9. The molecule has 0 saturated heterocycles. The molecule has 0 radical (unpaired) electrons. The van der Waals surface area contributed by atoms with E-state index in [4.69, 9.17) is 10.5 Å². The van der Waals surface area contributed by atoms with E-state index in [1.54, 1.807) is 7.11 Å². The van der Waals surface area contributed by atoms with Crippen LogP contribution in [0.15, 0.2) is 16.6 Å². The molecule has 84 valence electrons. The summed E-state index contributed by atoms with van der Waals surface area (Å²) in [5.41, 5.74) is 8.00. The monoisotopic (exact) mass is 271 g/mol. The molecule has 15 heavy (non-hydrogen) atoms. The molecule has 1 aromatic carbocycles. The van der Waals surface area contributed by atoms with Gasteiger partial charge in [-0.15, -0.1) is 0 Å². The summed E-state index contributed by atoms with van der Waals surface area (Å²) in [6.45, 7) is 2.20. The normalized spacial score (nSPS) is 10.3. The summed E-state index contributed by atoms with van der Waals surface area (Å²) in [5.74, 6) is 0.863. The van der Waals surface area contributed by atoms with Gasteiger partial charge < -0.3 is 10.5 Å². The fourth-order valence-electron chi connectivity index (χ4n) is 1.54. The van der Waals surface area contributed by atoms with Crippen LogP contribution in [0.3, 0.4) is 0 Å². The maximum absolute atomic E-state index is 5.99. The number of hydrogen-bond acceptors (Lipinski definition) is 2. The molecule has 0 fully saturated rings. The van der Waals surface area contributed by atoms with Crippen molar-refractivity contribution in [1.29, 1.82) is 0 Å². The van der Waals surface area contributed by atoms with E-state index in [0.717, 1.165) is 22.3 Å². The van der Waals surface area contributed by atoms with Crippen molar-refractivity contribution in [2.45, 2.75) is 32.6 Å². The van der Waals surface area contributed by atoms with Crippen molar-refractivity contribution in [3.05, 3.63) is 22.2 Å². The van der Waals surface area contributed by atoms with E-state index >= 15 is 0 Å². The third-order valence-corrected chi connectivity index (χ3v) is 3.13. The Morgan fingerprint density at radius 2 is 2.07 bits per heavy atom. The minimum Gasteiger partial charge on any atom is -0.497 e. The first kappa shape index (κ1) is 12.4. The lowest BCUT2D eigenvalue weighted by Gasteiger charge is -2.10. The number of ether oxygens (including phenoxy) is 1. The number of nitrogens with two attached hydrogens (primary N) is 1.